The third kappa shape index (κ3) is 3.31. The van der Waals surface area contributed by atoms with Gasteiger partial charge in [0.2, 0.25) is 0 Å². The number of amidine groups is 1. The lowest BCUT2D eigenvalue weighted by Gasteiger charge is -2.06. The molecule has 4 heteroatoms. The summed E-state index contributed by atoms with van der Waals surface area (Å²) in [5, 5.41) is 0. The number of fused-ring (bicyclic) bond motifs is 1. The van der Waals surface area contributed by atoms with E-state index in [9.17, 15) is 4.79 Å². The number of aliphatic imine (C=N–C) groups is 1. The highest BCUT2D eigenvalue weighted by Crippen LogP contribution is 2.31. The number of hydrogen-bond donors (Lipinski definition) is 1. The van der Waals surface area contributed by atoms with Crippen LogP contribution in [0.4, 0.5) is 5.69 Å². The van der Waals surface area contributed by atoms with Gasteiger partial charge in [-0.25, -0.2) is 9.79 Å². The molecule has 0 fully saturated rings. The van der Waals surface area contributed by atoms with Gasteiger partial charge in [-0.15, -0.1) is 0 Å². The molecule has 116 valence electrons. The van der Waals surface area contributed by atoms with E-state index in [2.05, 4.69) is 4.99 Å². The maximum atomic E-state index is 12.1. The van der Waals surface area contributed by atoms with E-state index in [-0.39, 0.29) is 5.97 Å². The molecule has 1 heterocycles. The van der Waals surface area contributed by atoms with Crippen molar-refractivity contribution in [3.8, 4) is 11.1 Å². The molecule has 0 aliphatic carbocycles. The second-order valence-corrected chi connectivity index (χ2v) is 5.31. The molecule has 0 spiro atoms. The van der Waals surface area contributed by atoms with Crippen LogP contribution in [0, 0.1) is 0 Å². The molecular weight excluding hydrogens is 288 g/mol. The zero-order valence-corrected chi connectivity index (χ0v) is 13.0. The maximum Gasteiger partial charge on any atom is 0.334 e. The Kier molecular flexibility index (Phi) is 4.24. The minimum absolute atomic E-state index is 0.300. The van der Waals surface area contributed by atoms with Crippen LogP contribution in [-0.2, 0) is 9.53 Å². The largest absolute Gasteiger partial charge is 0.463 e. The Morgan fingerprint density at radius 1 is 1.17 bits per heavy atom. The van der Waals surface area contributed by atoms with E-state index in [0.717, 1.165) is 22.4 Å². The molecule has 0 saturated carbocycles. The van der Waals surface area contributed by atoms with Crippen LogP contribution >= 0.6 is 0 Å². The number of hydrogen-bond acceptors (Lipinski definition) is 4. The molecule has 0 amide bonds. The van der Waals surface area contributed by atoms with Crippen molar-refractivity contribution in [1.29, 1.82) is 0 Å². The molecule has 2 aromatic rings. The Bertz CT molecular complexity index is 792. The first kappa shape index (κ1) is 15.0. The van der Waals surface area contributed by atoms with Gasteiger partial charge in [0.05, 0.1) is 12.3 Å². The Labute approximate surface area is 135 Å². The molecule has 0 saturated heterocycles. The summed E-state index contributed by atoms with van der Waals surface area (Å²) in [7, 11) is 0. The molecule has 23 heavy (non-hydrogen) atoms. The van der Waals surface area contributed by atoms with Crippen molar-refractivity contribution < 1.29 is 9.53 Å². The molecule has 0 unspecified atom stereocenters. The second kappa shape index (κ2) is 6.48. The van der Waals surface area contributed by atoms with Gasteiger partial charge in [0.15, 0.2) is 0 Å². The van der Waals surface area contributed by atoms with Crippen LogP contribution in [0.1, 0.15) is 18.9 Å². The summed E-state index contributed by atoms with van der Waals surface area (Å²) in [6, 6.07) is 16.0. The third-order valence-corrected chi connectivity index (χ3v) is 3.64. The zero-order chi connectivity index (χ0) is 16.2. The average molecular weight is 306 g/mol. The first-order valence-corrected chi connectivity index (χ1v) is 7.57. The summed E-state index contributed by atoms with van der Waals surface area (Å²) in [5.74, 6) is 0.0686. The van der Waals surface area contributed by atoms with E-state index < -0.39 is 0 Å². The van der Waals surface area contributed by atoms with Gasteiger partial charge < -0.3 is 10.5 Å². The topological polar surface area (TPSA) is 64.7 Å². The van der Waals surface area contributed by atoms with Gasteiger partial charge in [0.1, 0.15) is 5.84 Å². The van der Waals surface area contributed by atoms with E-state index in [0.29, 0.717) is 24.4 Å². The fraction of sp³-hybridized carbons (Fsp3) is 0.158. The molecule has 1 aliphatic rings. The van der Waals surface area contributed by atoms with Gasteiger partial charge >= 0.3 is 5.97 Å². The van der Waals surface area contributed by atoms with Crippen LogP contribution in [0.5, 0.6) is 0 Å². The average Bonchev–Trinajstić information content (AvgIpc) is 2.73. The molecule has 4 nitrogen and oxygen atoms in total. The predicted octanol–water partition coefficient (Wildman–Crippen LogP) is 3.69. The van der Waals surface area contributed by atoms with E-state index in [1.54, 1.807) is 6.92 Å². The van der Waals surface area contributed by atoms with E-state index in [1.165, 1.54) is 0 Å². The van der Waals surface area contributed by atoms with E-state index >= 15 is 0 Å². The van der Waals surface area contributed by atoms with Crippen LogP contribution in [0.3, 0.4) is 0 Å². The fourth-order valence-electron chi connectivity index (χ4n) is 2.57. The first-order chi connectivity index (χ1) is 11.2. The molecule has 2 aromatic carbocycles. The number of carbonyl (C=O) groups excluding carboxylic acids is 1. The minimum Gasteiger partial charge on any atom is -0.463 e. The van der Waals surface area contributed by atoms with Gasteiger partial charge in [0.25, 0.3) is 0 Å². The predicted molar refractivity (Wildman–Crippen MR) is 92.4 cm³/mol. The molecule has 0 atom stereocenters. The van der Waals surface area contributed by atoms with Crippen molar-refractivity contribution in [2.75, 3.05) is 6.61 Å². The highest BCUT2D eigenvalue weighted by molar-refractivity contribution is 6.03. The fourth-order valence-corrected chi connectivity index (χ4v) is 2.57. The first-order valence-electron chi connectivity index (χ1n) is 7.57. The van der Waals surface area contributed by atoms with Gasteiger partial charge in [0, 0.05) is 17.6 Å². The maximum absolute atomic E-state index is 12.1. The normalized spacial score (nSPS) is 13.4. The number of ether oxygens (including phenoxy) is 1. The lowest BCUT2D eigenvalue weighted by Crippen LogP contribution is -2.16. The highest BCUT2D eigenvalue weighted by atomic mass is 16.5. The van der Waals surface area contributed by atoms with Gasteiger partial charge in [-0.05, 0) is 36.3 Å². The molecule has 1 aliphatic heterocycles. The van der Waals surface area contributed by atoms with Crippen molar-refractivity contribution in [3.05, 3.63) is 59.7 Å². The lowest BCUT2D eigenvalue weighted by atomic mass is 10.0. The number of esters is 1. The third-order valence-electron chi connectivity index (χ3n) is 3.64. The zero-order valence-electron chi connectivity index (χ0n) is 13.0. The van der Waals surface area contributed by atoms with Crippen molar-refractivity contribution in [2.24, 2.45) is 10.7 Å². The van der Waals surface area contributed by atoms with Crippen LogP contribution in [0.25, 0.3) is 17.2 Å². The number of nitrogens with zero attached hydrogens (tertiary/aromatic N) is 1. The summed E-state index contributed by atoms with van der Waals surface area (Å²) in [6.45, 7) is 2.12. The van der Waals surface area contributed by atoms with Crippen LogP contribution in [0.15, 0.2) is 59.1 Å². The summed E-state index contributed by atoms with van der Waals surface area (Å²) in [4.78, 5) is 16.5. The molecule has 0 radical (unpaired) electrons. The Balaban J connectivity index is 2.06. The smallest absolute Gasteiger partial charge is 0.334 e. The number of benzene rings is 2. The summed E-state index contributed by atoms with van der Waals surface area (Å²) in [6.07, 6.45) is 2.12. The van der Waals surface area contributed by atoms with Gasteiger partial charge in [-0.3, -0.25) is 0 Å². The van der Waals surface area contributed by atoms with Gasteiger partial charge in [-0.2, -0.15) is 0 Å². The summed E-state index contributed by atoms with van der Waals surface area (Å²) in [5.41, 5.74) is 10.3. The Hall–Kier alpha value is -2.88. The number of carbonyl (C=O) groups is 1. The van der Waals surface area contributed by atoms with E-state index in [4.69, 9.17) is 10.5 Å². The highest BCUT2D eigenvalue weighted by Gasteiger charge is 2.17. The number of nitrogens with two attached hydrogens (primary N) is 1. The monoisotopic (exact) mass is 306 g/mol. The summed E-state index contributed by atoms with van der Waals surface area (Å²) < 4.78 is 5.10. The van der Waals surface area contributed by atoms with E-state index in [1.807, 2.05) is 54.6 Å². The lowest BCUT2D eigenvalue weighted by molar-refractivity contribution is -0.138. The number of rotatable bonds is 3. The van der Waals surface area contributed by atoms with Crippen molar-refractivity contribution in [2.45, 2.75) is 13.3 Å². The SMILES string of the molecule is CCOC(=O)C1=Cc2cc(-c3ccccc3)ccc2N=C(N)C1. The summed E-state index contributed by atoms with van der Waals surface area (Å²) >= 11 is 0. The van der Waals surface area contributed by atoms with Crippen molar-refractivity contribution >= 4 is 23.6 Å². The molecule has 2 N–H and O–H groups in total. The minimum atomic E-state index is -0.344. The van der Waals surface area contributed by atoms with Crippen LogP contribution in [-0.4, -0.2) is 18.4 Å². The molecular formula is C19H18N2O2. The Morgan fingerprint density at radius 2 is 1.96 bits per heavy atom. The molecule has 0 bridgehead atoms. The second-order valence-electron chi connectivity index (χ2n) is 5.31. The standard InChI is InChI=1S/C19H18N2O2/c1-2-23-19(22)16-11-15-10-14(13-6-4-3-5-7-13)8-9-17(15)21-18(20)12-16/h3-11H,2,12H2,1H3,(H2,20,21). The van der Waals surface area contributed by atoms with Crippen LogP contribution < -0.4 is 5.73 Å². The van der Waals surface area contributed by atoms with Gasteiger partial charge in [-0.1, -0.05) is 36.4 Å². The van der Waals surface area contributed by atoms with Crippen LogP contribution in [0.2, 0.25) is 0 Å². The molecule has 3 rings (SSSR count). The van der Waals surface area contributed by atoms with Crippen molar-refractivity contribution in [1.82, 2.24) is 0 Å². The Morgan fingerprint density at radius 3 is 2.70 bits per heavy atom. The quantitative estimate of drug-likeness (QED) is 0.879. The molecule has 0 aromatic heterocycles. The van der Waals surface area contributed by atoms with Crippen molar-refractivity contribution in [3.63, 3.8) is 0 Å².